The second-order valence-electron chi connectivity index (χ2n) is 5.87. The van der Waals surface area contributed by atoms with Gasteiger partial charge in [0.2, 0.25) is 5.89 Å². The van der Waals surface area contributed by atoms with Crippen molar-refractivity contribution >= 4 is 15.9 Å². The van der Waals surface area contributed by atoms with Gasteiger partial charge in [-0.2, -0.15) is 4.98 Å². The summed E-state index contributed by atoms with van der Waals surface area (Å²) in [5.41, 5.74) is 7.09. The van der Waals surface area contributed by atoms with Crippen molar-refractivity contribution in [2.45, 2.75) is 43.9 Å². The molecule has 1 aromatic carbocycles. The molecule has 0 saturated heterocycles. The lowest BCUT2D eigenvalue weighted by Gasteiger charge is -2.32. The summed E-state index contributed by atoms with van der Waals surface area (Å²) >= 11 is 3.48. The van der Waals surface area contributed by atoms with Crippen LogP contribution in [0, 0.1) is 0 Å². The van der Waals surface area contributed by atoms with E-state index in [1.54, 1.807) is 0 Å². The van der Waals surface area contributed by atoms with E-state index in [4.69, 9.17) is 10.3 Å². The maximum atomic E-state index is 6.02. The van der Waals surface area contributed by atoms with E-state index in [1.807, 2.05) is 12.1 Å². The predicted octanol–water partition coefficient (Wildman–Crippen LogP) is 3.58. The van der Waals surface area contributed by atoms with Gasteiger partial charge in [-0.1, -0.05) is 52.5 Å². The zero-order valence-corrected chi connectivity index (χ0v) is 13.6. The van der Waals surface area contributed by atoms with E-state index in [9.17, 15) is 0 Å². The van der Waals surface area contributed by atoms with Gasteiger partial charge < -0.3 is 10.3 Å². The zero-order chi connectivity index (χ0) is 14.7. The van der Waals surface area contributed by atoms with Gasteiger partial charge in [0, 0.05) is 17.4 Å². The van der Waals surface area contributed by atoms with Crippen LogP contribution in [0.2, 0.25) is 0 Å². The summed E-state index contributed by atoms with van der Waals surface area (Å²) < 4.78 is 6.61. The molecule has 112 valence electrons. The number of benzene rings is 1. The van der Waals surface area contributed by atoms with Crippen molar-refractivity contribution < 1.29 is 4.52 Å². The van der Waals surface area contributed by atoms with Gasteiger partial charge in [0.05, 0.1) is 5.41 Å². The fraction of sp³-hybridized carbons (Fsp3) is 0.500. The Kier molecular flexibility index (Phi) is 4.40. The summed E-state index contributed by atoms with van der Waals surface area (Å²) in [7, 11) is 0. The molecule has 0 spiro atoms. The van der Waals surface area contributed by atoms with Crippen molar-refractivity contribution in [1.29, 1.82) is 0 Å². The fourth-order valence-corrected chi connectivity index (χ4v) is 3.55. The van der Waals surface area contributed by atoms with Crippen LogP contribution in [0.1, 0.15) is 49.4 Å². The van der Waals surface area contributed by atoms with Crippen LogP contribution >= 0.6 is 15.9 Å². The third kappa shape index (κ3) is 3.19. The first-order chi connectivity index (χ1) is 10.2. The van der Waals surface area contributed by atoms with Gasteiger partial charge in [-0.25, -0.2) is 0 Å². The molecule has 4 nitrogen and oxygen atoms in total. The van der Waals surface area contributed by atoms with Crippen LogP contribution < -0.4 is 5.73 Å². The molecule has 5 heteroatoms. The second kappa shape index (κ2) is 6.28. The molecule has 1 aromatic heterocycles. The molecule has 0 unspecified atom stereocenters. The molecule has 1 fully saturated rings. The van der Waals surface area contributed by atoms with Gasteiger partial charge in [0.25, 0.3) is 0 Å². The largest absolute Gasteiger partial charge is 0.339 e. The lowest BCUT2D eigenvalue weighted by atomic mass is 9.74. The van der Waals surface area contributed by atoms with Crippen LogP contribution in [0.4, 0.5) is 0 Å². The molecule has 2 N–H and O–H groups in total. The highest BCUT2D eigenvalue weighted by molar-refractivity contribution is 9.10. The molecule has 0 radical (unpaired) electrons. The number of halogens is 1. The third-order valence-corrected chi connectivity index (χ3v) is 4.87. The summed E-state index contributed by atoms with van der Waals surface area (Å²) in [5.74, 6) is 1.47. The van der Waals surface area contributed by atoms with Gasteiger partial charge in [-0.15, -0.1) is 0 Å². The third-order valence-electron chi connectivity index (χ3n) is 4.37. The SMILES string of the molecule is NCC1(c2nc(Cc3cccc(Br)c3)no2)CCCCC1. The quantitative estimate of drug-likeness (QED) is 0.915. The number of nitrogens with two attached hydrogens (primary N) is 1. The summed E-state index contributed by atoms with van der Waals surface area (Å²) in [6, 6.07) is 8.18. The Morgan fingerprint density at radius 1 is 1.24 bits per heavy atom. The Labute approximate surface area is 133 Å². The minimum Gasteiger partial charge on any atom is -0.339 e. The molecular weight excluding hydrogens is 330 g/mol. The molecule has 1 aliphatic rings. The molecule has 0 bridgehead atoms. The van der Waals surface area contributed by atoms with Gasteiger partial charge in [-0.3, -0.25) is 0 Å². The Morgan fingerprint density at radius 3 is 2.76 bits per heavy atom. The molecule has 1 saturated carbocycles. The Bertz CT molecular complexity index is 605. The maximum Gasteiger partial charge on any atom is 0.234 e. The summed E-state index contributed by atoms with van der Waals surface area (Å²) in [5, 5.41) is 4.15. The van der Waals surface area contributed by atoms with Gasteiger partial charge in [0.15, 0.2) is 5.82 Å². The smallest absolute Gasteiger partial charge is 0.234 e. The molecule has 3 rings (SSSR count). The maximum absolute atomic E-state index is 6.02. The zero-order valence-electron chi connectivity index (χ0n) is 12.0. The minimum atomic E-state index is -0.0965. The fourth-order valence-electron chi connectivity index (χ4n) is 3.10. The van der Waals surface area contributed by atoms with Crippen molar-refractivity contribution in [3.63, 3.8) is 0 Å². The Hall–Kier alpha value is -1.20. The minimum absolute atomic E-state index is 0.0965. The highest BCUT2D eigenvalue weighted by Crippen LogP contribution is 2.37. The second-order valence-corrected chi connectivity index (χ2v) is 6.78. The first-order valence-corrected chi connectivity index (χ1v) is 8.29. The number of aromatic nitrogens is 2. The summed E-state index contributed by atoms with van der Waals surface area (Å²) in [6.45, 7) is 0.589. The molecule has 1 heterocycles. The van der Waals surface area contributed by atoms with Crippen molar-refractivity contribution in [3.8, 4) is 0 Å². The van der Waals surface area contributed by atoms with Gasteiger partial charge in [0.1, 0.15) is 0 Å². The molecule has 0 atom stereocenters. The topological polar surface area (TPSA) is 64.9 Å². The molecular formula is C16H20BrN3O. The normalized spacial score (nSPS) is 17.8. The highest BCUT2D eigenvalue weighted by atomic mass is 79.9. The van der Waals surface area contributed by atoms with E-state index in [0.29, 0.717) is 13.0 Å². The number of rotatable bonds is 4. The lowest BCUT2D eigenvalue weighted by Crippen LogP contribution is -2.37. The number of nitrogens with zero attached hydrogens (tertiary/aromatic N) is 2. The lowest BCUT2D eigenvalue weighted by molar-refractivity contribution is 0.219. The molecule has 2 aromatic rings. The van der Waals surface area contributed by atoms with Gasteiger partial charge >= 0.3 is 0 Å². The van der Waals surface area contributed by atoms with Crippen molar-refractivity contribution in [1.82, 2.24) is 10.1 Å². The van der Waals surface area contributed by atoms with Crippen molar-refractivity contribution in [2.24, 2.45) is 5.73 Å². The van der Waals surface area contributed by atoms with E-state index in [0.717, 1.165) is 29.0 Å². The Morgan fingerprint density at radius 2 is 2.05 bits per heavy atom. The van der Waals surface area contributed by atoms with Crippen LogP contribution in [-0.2, 0) is 11.8 Å². The molecule has 1 aliphatic carbocycles. The predicted molar refractivity (Wildman–Crippen MR) is 85.1 cm³/mol. The number of hydrogen-bond donors (Lipinski definition) is 1. The van der Waals surface area contributed by atoms with Crippen LogP contribution in [0.5, 0.6) is 0 Å². The van der Waals surface area contributed by atoms with Crippen molar-refractivity contribution in [2.75, 3.05) is 6.54 Å². The van der Waals surface area contributed by atoms with Crippen LogP contribution in [-0.4, -0.2) is 16.7 Å². The summed E-state index contributed by atoms with van der Waals surface area (Å²) in [6.07, 6.45) is 6.47. The van der Waals surface area contributed by atoms with E-state index in [-0.39, 0.29) is 5.41 Å². The number of hydrogen-bond acceptors (Lipinski definition) is 4. The highest BCUT2D eigenvalue weighted by Gasteiger charge is 2.37. The van der Waals surface area contributed by atoms with E-state index >= 15 is 0 Å². The monoisotopic (exact) mass is 349 g/mol. The van der Waals surface area contributed by atoms with E-state index in [2.05, 4.69) is 38.2 Å². The molecule has 0 aliphatic heterocycles. The van der Waals surface area contributed by atoms with Crippen LogP contribution in [0.25, 0.3) is 0 Å². The molecule has 21 heavy (non-hydrogen) atoms. The average Bonchev–Trinajstić information content (AvgIpc) is 2.97. The van der Waals surface area contributed by atoms with E-state index < -0.39 is 0 Å². The average molecular weight is 350 g/mol. The first-order valence-electron chi connectivity index (χ1n) is 7.49. The first kappa shape index (κ1) is 14.7. The molecule has 0 amide bonds. The summed E-state index contributed by atoms with van der Waals surface area (Å²) in [4.78, 5) is 4.63. The van der Waals surface area contributed by atoms with Gasteiger partial charge in [-0.05, 0) is 30.5 Å². The van der Waals surface area contributed by atoms with Crippen molar-refractivity contribution in [3.05, 3.63) is 46.0 Å². The Balaban J connectivity index is 1.79. The standard InChI is InChI=1S/C16H20BrN3O/c17-13-6-4-5-12(9-13)10-14-19-15(21-20-14)16(11-18)7-2-1-3-8-16/h4-6,9H,1-3,7-8,10-11,18H2. The van der Waals surface area contributed by atoms with E-state index in [1.165, 1.54) is 24.8 Å². The van der Waals surface area contributed by atoms with Crippen LogP contribution in [0.15, 0.2) is 33.3 Å². The van der Waals surface area contributed by atoms with Crippen LogP contribution in [0.3, 0.4) is 0 Å².